The van der Waals surface area contributed by atoms with E-state index in [0.717, 1.165) is 22.4 Å². The van der Waals surface area contributed by atoms with E-state index in [9.17, 15) is 4.79 Å². The number of tetrazole rings is 1. The van der Waals surface area contributed by atoms with Crippen LogP contribution < -0.4 is 10.4 Å². The number of benzene rings is 2. The standard InChI is InChI=1S/C20H19N5O2S/c1-13-6-4-8-15(10-13)17-12-28-19(21-17)27-11-16-14(2)7-5-9-18(16)25-20(26)24(3)22-23-25/h4-10,12H,11H2,1-3H3. The number of thiazole rings is 1. The molecule has 0 amide bonds. The van der Waals surface area contributed by atoms with Crippen molar-refractivity contribution in [3.63, 3.8) is 0 Å². The van der Waals surface area contributed by atoms with E-state index in [1.54, 1.807) is 7.05 Å². The molecule has 4 aromatic rings. The molecule has 0 aliphatic carbocycles. The highest BCUT2D eigenvalue weighted by atomic mass is 32.1. The maximum Gasteiger partial charge on any atom is 0.368 e. The van der Waals surface area contributed by atoms with Gasteiger partial charge in [-0.05, 0) is 42.0 Å². The van der Waals surface area contributed by atoms with Crippen LogP contribution in [0.15, 0.2) is 52.6 Å². The molecule has 28 heavy (non-hydrogen) atoms. The number of rotatable bonds is 5. The van der Waals surface area contributed by atoms with Crippen molar-refractivity contribution in [2.75, 3.05) is 0 Å². The summed E-state index contributed by atoms with van der Waals surface area (Å²) in [6.45, 7) is 4.32. The van der Waals surface area contributed by atoms with E-state index in [1.807, 2.05) is 42.6 Å². The van der Waals surface area contributed by atoms with Crippen LogP contribution in [0, 0.1) is 13.8 Å². The minimum atomic E-state index is -0.303. The highest BCUT2D eigenvalue weighted by Gasteiger charge is 2.14. The lowest BCUT2D eigenvalue weighted by Gasteiger charge is -2.11. The third-order valence-corrected chi connectivity index (χ3v) is 5.22. The molecule has 2 aromatic carbocycles. The van der Waals surface area contributed by atoms with Crippen LogP contribution in [0.5, 0.6) is 5.19 Å². The Hall–Kier alpha value is -3.26. The maximum atomic E-state index is 12.2. The highest BCUT2D eigenvalue weighted by molar-refractivity contribution is 7.11. The number of hydrogen-bond acceptors (Lipinski definition) is 6. The Kier molecular flexibility index (Phi) is 4.79. The summed E-state index contributed by atoms with van der Waals surface area (Å²) in [5.41, 5.74) is 5.37. The summed E-state index contributed by atoms with van der Waals surface area (Å²) in [7, 11) is 1.57. The largest absolute Gasteiger partial charge is 0.465 e. The van der Waals surface area contributed by atoms with Gasteiger partial charge in [-0.25, -0.2) is 9.78 Å². The average Bonchev–Trinajstić information content (AvgIpc) is 3.28. The summed E-state index contributed by atoms with van der Waals surface area (Å²) >= 11 is 1.45. The molecule has 0 spiro atoms. The maximum absolute atomic E-state index is 12.2. The predicted octanol–water partition coefficient (Wildman–Crippen LogP) is 3.29. The van der Waals surface area contributed by atoms with Gasteiger partial charge < -0.3 is 4.74 Å². The van der Waals surface area contributed by atoms with Gasteiger partial charge in [0.2, 0.25) is 0 Å². The molecule has 0 N–H and O–H groups in total. The summed E-state index contributed by atoms with van der Waals surface area (Å²) in [6, 6.07) is 13.9. The topological polar surface area (TPSA) is 74.8 Å². The fraction of sp³-hybridized carbons (Fsp3) is 0.200. The Morgan fingerprint density at radius 3 is 2.68 bits per heavy atom. The van der Waals surface area contributed by atoms with Crippen LogP contribution in [0.3, 0.4) is 0 Å². The molecule has 2 heterocycles. The predicted molar refractivity (Wildman–Crippen MR) is 108 cm³/mol. The van der Waals surface area contributed by atoms with Crippen molar-refractivity contribution in [3.8, 4) is 22.1 Å². The fourth-order valence-corrected chi connectivity index (χ4v) is 3.61. The molecular formula is C20H19N5O2S. The van der Waals surface area contributed by atoms with Gasteiger partial charge in [0.05, 0.1) is 11.4 Å². The van der Waals surface area contributed by atoms with Crippen LogP contribution in [-0.4, -0.2) is 24.8 Å². The molecule has 0 aliphatic rings. The quantitative estimate of drug-likeness (QED) is 0.520. The molecule has 4 rings (SSSR count). The summed E-state index contributed by atoms with van der Waals surface area (Å²) in [6.07, 6.45) is 0. The minimum Gasteiger partial charge on any atom is -0.465 e. The SMILES string of the molecule is Cc1cccc(-c2csc(OCc3c(C)cccc3-n3nnn(C)c3=O)n2)c1. The first-order valence-corrected chi connectivity index (χ1v) is 9.64. The Morgan fingerprint density at radius 2 is 1.93 bits per heavy atom. The van der Waals surface area contributed by atoms with Gasteiger partial charge in [0.25, 0.3) is 5.19 Å². The van der Waals surface area contributed by atoms with Gasteiger partial charge >= 0.3 is 5.69 Å². The Balaban J connectivity index is 1.60. The van der Waals surface area contributed by atoms with Gasteiger partial charge in [-0.1, -0.05) is 47.2 Å². The summed E-state index contributed by atoms with van der Waals surface area (Å²) in [5, 5.41) is 10.3. The van der Waals surface area contributed by atoms with Gasteiger partial charge in [0.1, 0.15) is 6.61 Å². The monoisotopic (exact) mass is 393 g/mol. The highest BCUT2D eigenvalue weighted by Crippen LogP contribution is 2.28. The Labute approximate surface area is 165 Å². The second-order valence-corrected chi connectivity index (χ2v) is 7.35. The second-order valence-electron chi connectivity index (χ2n) is 6.53. The van der Waals surface area contributed by atoms with Crippen molar-refractivity contribution in [2.24, 2.45) is 7.05 Å². The van der Waals surface area contributed by atoms with Gasteiger partial charge in [0.15, 0.2) is 0 Å². The molecule has 0 unspecified atom stereocenters. The Bertz CT molecular complexity index is 1190. The van der Waals surface area contributed by atoms with Crippen molar-refractivity contribution in [1.82, 2.24) is 24.8 Å². The molecule has 142 valence electrons. The van der Waals surface area contributed by atoms with Crippen LogP contribution in [0.25, 0.3) is 16.9 Å². The van der Waals surface area contributed by atoms with Crippen molar-refractivity contribution in [2.45, 2.75) is 20.5 Å². The molecular weight excluding hydrogens is 374 g/mol. The van der Waals surface area contributed by atoms with E-state index in [2.05, 4.69) is 34.5 Å². The Morgan fingerprint density at radius 1 is 1.11 bits per heavy atom. The van der Waals surface area contributed by atoms with Crippen molar-refractivity contribution in [1.29, 1.82) is 0 Å². The number of ether oxygens (including phenoxy) is 1. The first-order chi connectivity index (χ1) is 13.5. The lowest BCUT2D eigenvalue weighted by atomic mass is 10.1. The molecule has 0 saturated heterocycles. The minimum absolute atomic E-state index is 0.284. The van der Waals surface area contributed by atoms with Gasteiger partial charge in [-0.2, -0.15) is 9.36 Å². The normalized spacial score (nSPS) is 11.0. The van der Waals surface area contributed by atoms with Gasteiger partial charge in [-0.15, -0.1) is 0 Å². The van der Waals surface area contributed by atoms with Crippen molar-refractivity contribution < 1.29 is 4.74 Å². The zero-order valence-corrected chi connectivity index (χ0v) is 16.6. The molecule has 0 radical (unpaired) electrons. The first kappa shape index (κ1) is 18.1. The lowest BCUT2D eigenvalue weighted by Crippen LogP contribution is -2.23. The van der Waals surface area contributed by atoms with Crippen LogP contribution in [0.1, 0.15) is 16.7 Å². The number of hydrogen-bond donors (Lipinski definition) is 0. The van der Waals surface area contributed by atoms with E-state index in [1.165, 1.54) is 26.3 Å². The zero-order valence-electron chi connectivity index (χ0n) is 15.8. The van der Waals surface area contributed by atoms with Gasteiger partial charge in [-0.3, -0.25) is 0 Å². The smallest absolute Gasteiger partial charge is 0.368 e. The summed E-state index contributed by atoms with van der Waals surface area (Å²) in [4.78, 5) is 16.8. The van der Waals surface area contributed by atoms with Crippen LogP contribution in [0.2, 0.25) is 0 Å². The summed E-state index contributed by atoms with van der Waals surface area (Å²) in [5.74, 6) is 0. The first-order valence-electron chi connectivity index (χ1n) is 8.76. The van der Waals surface area contributed by atoms with E-state index in [4.69, 9.17) is 4.74 Å². The number of aromatic nitrogens is 5. The van der Waals surface area contributed by atoms with Gasteiger partial charge in [0, 0.05) is 23.6 Å². The third kappa shape index (κ3) is 3.46. The molecule has 0 aliphatic heterocycles. The van der Waals surface area contributed by atoms with E-state index in [0.29, 0.717) is 10.9 Å². The second kappa shape index (κ2) is 7.40. The van der Waals surface area contributed by atoms with Crippen LogP contribution in [-0.2, 0) is 13.7 Å². The van der Waals surface area contributed by atoms with Crippen molar-refractivity contribution >= 4 is 11.3 Å². The molecule has 7 nitrogen and oxygen atoms in total. The van der Waals surface area contributed by atoms with E-state index >= 15 is 0 Å². The van der Waals surface area contributed by atoms with Crippen LogP contribution in [0.4, 0.5) is 0 Å². The number of nitrogens with zero attached hydrogens (tertiary/aromatic N) is 5. The molecule has 0 atom stereocenters. The molecule has 0 saturated carbocycles. The third-order valence-electron chi connectivity index (χ3n) is 4.47. The van der Waals surface area contributed by atoms with E-state index < -0.39 is 0 Å². The molecule has 8 heteroatoms. The average molecular weight is 393 g/mol. The molecule has 0 bridgehead atoms. The van der Waals surface area contributed by atoms with Crippen LogP contribution >= 0.6 is 11.3 Å². The molecule has 2 aromatic heterocycles. The lowest BCUT2D eigenvalue weighted by molar-refractivity contribution is 0.303. The molecule has 0 fully saturated rings. The van der Waals surface area contributed by atoms with E-state index in [-0.39, 0.29) is 12.3 Å². The van der Waals surface area contributed by atoms with Crippen molar-refractivity contribution in [3.05, 3.63) is 75.0 Å². The fourth-order valence-electron chi connectivity index (χ4n) is 2.93. The summed E-state index contributed by atoms with van der Waals surface area (Å²) < 4.78 is 8.43. The zero-order chi connectivity index (χ0) is 19.7. The number of aryl methyl sites for hydroxylation is 3.